The topological polar surface area (TPSA) is 80.7 Å². The van der Waals surface area contributed by atoms with E-state index in [1.165, 1.54) is 6.92 Å². The molecule has 0 saturated heterocycles. The Hall–Kier alpha value is -0.620. The maximum atomic E-state index is 10.4. The predicted molar refractivity (Wildman–Crippen MR) is 46.6 cm³/mol. The van der Waals surface area contributed by atoms with Crippen LogP contribution in [0.3, 0.4) is 0 Å². The third-order valence-electron chi connectivity index (χ3n) is 1.26. The van der Waals surface area contributed by atoms with E-state index in [1.807, 2.05) is 0 Å². The molecular weight excluding hydrogens is 196 g/mol. The Morgan fingerprint density at radius 3 is 2.54 bits per heavy atom. The summed E-state index contributed by atoms with van der Waals surface area (Å²) in [6, 6.07) is 0. The van der Waals surface area contributed by atoms with Crippen LogP contribution in [0, 0.1) is 6.92 Å². The van der Waals surface area contributed by atoms with Crippen molar-refractivity contribution in [2.45, 2.75) is 25.9 Å². The van der Waals surface area contributed by atoms with Crippen LogP contribution in [-0.2, 0) is 19.6 Å². The summed E-state index contributed by atoms with van der Waals surface area (Å²) in [5.74, 6) is -0.785. The van der Waals surface area contributed by atoms with E-state index in [2.05, 4.69) is 11.7 Å². The van der Waals surface area contributed by atoms with Gasteiger partial charge in [-0.3, -0.25) is 9.35 Å². The zero-order chi connectivity index (χ0) is 10.5. The fourth-order valence-corrected chi connectivity index (χ4v) is 1.32. The SMILES string of the molecule is [CH2]C(CCCS(=O)(=O)O)OC(C)=O. The van der Waals surface area contributed by atoms with Crippen molar-refractivity contribution in [1.82, 2.24) is 0 Å². The lowest BCUT2D eigenvalue weighted by Crippen LogP contribution is -2.14. The Bertz CT molecular complexity index is 256. The molecule has 0 bridgehead atoms. The number of hydrogen-bond donors (Lipinski definition) is 1. The molecule has 77 valence electrons. The van der Waals surface area contributed by atoms with Crippen molar-refractivity contribution in [3.8, 4) is 0 Å². The van der Waals surface area contributed by atoms with Crippen molar-refractivity contribution in [3.05, 3.63) is 6.92 Å². The molecule has 1 unspecified atom stereocenters. The van der Waals surface area contributed by atoms with Crippen LogP contribution >= 0.6 is 0 Å². The first-order valence-corrected chi connectivity index (χ1v) is 5.37. The molecule has 6 heteroatoms. The van der Waals surface area contributed by atoms with Gasteiger partial charge >= 0.3 is 5.97 Å². The Kier molecular flexibility index (Phi) is 4.94. The highest BCUT2D eigenvalue weighted by molar-refractivity contribution is 7.85. The highest BCUT2D eigenvalue weighted by atomic mass is 32.2. The minimum atomic E-state index is -3.92. The largest absolute Gasteiger partial charge is 0.463 e. The number of carbonyl (C=O) groups is 1. The summed E-state index contributed by atoms with van der Waals surface area (Å²) in [6.45, 7) is 4.73. The van der Waals surface area contributed by atoms with Gasteiger partial charge in [-0.25, -0.2) is 0 Å². The lowest BCUT2D eigenvalue weighted by molar-refractivity contribution is -0.144. The average molecular weight is 209 g/mol. The van der Waals surface area contributed by atoms with Gasteiger partial charge in [0.2, 0.25) is 0 Å². The van der Waals surface area contributed by atoms with Crippen molar-refractivity contribution in [3.63, 3.8) is 0 Å². The van der Waals surface area contributed by atoms with Crippen LogP contribution in [-0.4, -0.2) is 30.8 Å². The van der Waals surface area contributed by atoms with Gasteiger partial charge in [-0.1, -0.05) is 0 Å². The number of hydrogen-bond acceptors (Lipinski definition) is 4. The van der Waals surface area contributed by atoms with Crippen molar-refractivity contribution >= 4 is 16.1 Å². The zero-order valence-corrected chi connectivity index (χ0v) is 8.21. The molecule has 0 aromatic carbocycles. The highest BCUT2D eigenvalue weighted by Gasteiger charge is 2.08. The van der Waals surface area contributed by atoms with Crippen molar-refractivity contribution in [1.29, 1.82) is 0 Å². The predicted octanol–water partition coefficient (Wildman–Crippen LogP) is 0.420. The van der Waals surface area contributed by atoms with E-state index < -0.39 is 22.2 Å². The number of rotatable bonds is 5. The van der Waals surface area contributed by atoms with Gasteiger partial charge in [0.1, 0.15) is 6.10 Å². The molecule has 0 heterocycles. The van der Waals surface area contributed by atoms with E-state index in [0.717, 1.165) is 0 Å². The van der Waals surface area contributed by atoms with Gasteiger partial charge in [-0.15, -0.1) is 0 Å². The number of carbonyl (C=O) groups excluding carboxylic acids is 1. The summed E-state index contributed by atoms with van der Waals surface area (Å²) in [4.78, 5) is 10.4. The average Bonchev–Trinajstić information content (AvgIpc) is 1.81. The molecule has 0 aliphatic carbocycles. The van der Waals surface area contributed by atoms with E-state index in [0.29, 0.717) is 6.42 Å². The van der Waals surface area contributed by atoms with Crippen LogP contribution in [0.4, 0.5) is 0 Å². The standard InChI is InChI=1S/C7H13O5S/c1-6(12-7(2)8)4-3-5-13(9,10)11/h6H,1,3-5H2,2H3,(H,9,10,11). The van der Waals surface area contributed by atoms with Crippen LogP contribution in [0.2, 0.25) is 0 Å². The molecule has 0 aliphatic heterocycles. The molecule has 1 radical (unpaired) electrons. The van der Waals surface area contributed by atoms with Gasteiger partial charge in [0.25, 0.3) is 10.1 Å². The molecule has 0 saturated carbocycles. The van der Waals surface area contributed by atoms with Crippen molar-refractivity contribution in [2.24, 2.45) is 0 Å². The number of esters is 1. The van der Waals surface area contributed by atoms with Gasteiger partial charge in [0.15, 0.2) is 0 Å². The van der Waals surface area contributed by atoms with Gasteiger partial charge in [0, 0.05) is 6.92 Å². The normalized spacial score (nSPS) is 13.8. The second kappa shape index (κ2) is 5.18. The monoisotopic (exact) mass is 209 g/mol. The summed E-state index contributed by atoms with van der Waals surface area (Å²) in [7, 11) is -3.92. The molecule has 0 aliphatic rings. The van der Waals surface area contributed by atoms with E-state index in [9.17, 15) is 13.2 Å². The van der Waals surface area contributed by atoms with Crippen LogP contribution in [0.25, 0.3) is 0 Å². The first kappa shape index (κ1) is 12.4. The van der Waals surface area contributed by atoms with Crippen LogP contribution < -0.4 is 0 Å². The minimum Gasteiger partial charge on any atom is -0.463 e. The molecule has 13 heavy (non-hydrogen) atoms. The van der Waals surface area contributed by atoms with Crippen LogP contribution in [0.15, 0.2) is 0 Å². The Labute approximate surface area is 77.8 Å². The van der Waals surface area contributed by atoms with Gasteiger partial charge in [0.05, 0.1) is 5.75 Å². The molecule has 1 N–H and O–H groups in total. The van der Waals surface area contributed by atoms with E-state index in [1.54, 1.807) is 0 Å². The molecule has 0 aromatic rings. The van der Waals surface area contributed by atoms with Crippen molar-refractivity contribution in [2.75, 3.05) is 5.75 Å². The molecule has 0 spiro atoms. The van der Waals surface area contributed by atoms with Gasteiger partial charge < -0.3 is 4.74 Å². The Morgan fingerprint density at radius 2 is 2.15 bits per heavy atom. The minimum absolute atomic E-state index is 0.223. The van der Waals surface area contributed by atoms with Gasteiger partial charge in [-0.05, 0) is 19.8 Å². The van der Waals surface area contributed by atoms with Crippen LogP contribution in [0.5, 0.6) is 0 Å². The first-order valence-electron chi connectivity index (χ1n) is 3.77. The maximum absolute atomic E-state index is 10.4. The molecule has 5 nitrogen and oxygen atoms in total. The molecule has 0 aromatic heterocycles. The second-order valence-corrected chi connectivity index (χ2v) is 4.23. The molecule has 0 rings (SSSR count). The quantitative estimate of drug-likeness (QED) is 0.524. The van der Waals surface area contributed by atoms with Crippen molar-refractivity contribution < 1.29 is 22.5 Å². The lowest BCUT2D eigenvalue weighted by atomic mass is 10.2. The Balaban J connectivity index is 3.60. The van der Waals surface area contributed by atoms with E-state index >= 15 is 0 Å². The van der Waals surface area contributed by atoms with Gasteiger partial charge in [-0.2, -0.15) is 8.42 Å². The Morgan fingerprint density at radius 1 is 1.62 bits per heavy atom. The van der Waals surface area contributed by atoms with E-state index in [-0.39, 0.29) is 12.2 Å². The summed E-state index contributed by atoms with van der Waals surface area (Å²) in [5.41, 5.74) is 0. The molecular formula is C7H13O5S. The van der Waals surface area contributed by atoms with Crippen LogP contribution in [0.1, 0.15) is 19.8 Å². The first-order chi connectivity index (χ1) is 5.81. The summed E-state index contributed by atoms with van der Waals surface area (Å²) in [5, 5.41) is 0. The second-order valence-electron chi connectivity index (χ2n) is 2.66. The summed E-state index contributed by atoms with van der Waals surface area (Å²) >= 11 is 0. The molecule has 0 fully saturated rings. The smallest absolute Gasteiger partial charge is 0.302 e. The maximum Gasteiger partial charge on any atom is 0.302 e. The highest BCUT2D eigenvalue weighted by Crippen LogP contribution is 2.02. The summed E-state index contributed by atoms with van der Waals surface area (Å²) in [6.07, 6.45) is -0.0149. The molecule has 0 amide bonds. The third-order valence-corrected chi connectivity index (χ3v) is 2.07. The fourth-order valence-electron chi connectivity index (χ4n) is 0.787. The fraction of sp³-hybridized carbons (Fsp3) is 0.714. The molecule has 1 atom stereocenters. The third kappa shape index (κ3) is 9.29. The lowest BCUT2D eigenvalue weighted by Gasteiger charge is -2.09. The number of ether oxygens (including phenoxy) is 1. The van der Waals surface area contributed by atoms with E-state index in [4.69, 9.17) is 4.55 Å². The summed E-state index contributed by atoms with van der Waals surface area (Å²) < 4.78 is 33.5. The zero-order valence-electron chi connectivity index (χ0n) is 7.39.